The Morgan fingerprint density at radius 2 is 1.68 bits per heavy atom. The summed E-state index contributed by atoms with van der Waals surface area (Å²) in [6.07, 6.45) is -0.246. The average molecular weight is 356 g/mol. The van der Waals surface area contributed by atoms with E-state index in [9.17, 15) is 13.5 Å². The minimum atomic E-state index is -3.54. The first-order valence-corrected chi connectivity index (χ1v) is 10.2. The van der Waals surface area contributed by atoms with Crippen LogP contribution in [0.2, 0.25) is 0 Å². The van der Waals surface area contributed by atoms with Gasteiger partial charge in [0.05, 0.1) is 23.7 Å². The van der Waals surface area contributed by atoms with Gasteiger partial charge in [0.15, 0.2) is 9.84 Å². The molecule has 2 aromatic carbocycles. The zero-order chi connectivity index (χ0) is 17.2. The van der Waals surface area contributed by atoms with E-state index >= 15 is 0 Å². The predicted molar refractivity (Wildman–Crippen MR) is 92.5 cm³/mol. The number of sulfone groups is 1. The third kappa shape index (κ3) is 1.86. The molecule has 5 heteroatoms. The predicted octanol–water partition coefficient (Wildman–Crippen LogP) is 2.42. The number of rotatable bonds is 5. The molecule has 0 aromatic heterocycles. The summed E-state index contributed by atoms with van der Waals surface area (Å²) >= 11 is 0. The van der Waals surface area contributed by atoms with Gasteiger partial charge in [-0.05, 0) is 30.0 Å². The number of aliphatic hydroxyl groups is 1. The summed E-state index contributed by atoms with van der Waals surface area (Å²) in [5.41, 5.74) is 1.02. The van der Waals surface area contributed by atoms with Crippen LogP contribution in [0, 0.1) is 17.8 Å². The van der Waals surface area contributed by atoms with E-state index in [1.54, 1.807) is 24.3 Å². The molecule has 4 saturated carbocycles. The molecule has 0 heterocycles. The van der Waals surface area contributed by atoms with Gasteiger partial charge in [-0.15, -0.1) is 0 Å². The van der Waals surface area contributed by atoms with E-state index in [2.05, 4.69) is 0 Å². The molecule has 2 aromatic rings. The van der Waals surface area contributed by atoms with Crippen LogP contribution in [0.25, 0.3) is 0 Å². The highest BCUT2D eigenvalue weighted by Crippen LogP contribution is 2.77. The van der Waals surface area contributed by atoms with Crippen LogP contribution in [0.5, 0.6) is 0 Å². The van der Waals surface area contributed by atoms with E-state index in [0.717, 1.165) is 12.0 Å². The number of hydrogen-bond acceptors (Lipinski definition) is 4. The van der Waals surface area contributed by atoms with E-state index in [-0.39, 0.29) is 17.8 Å². The third-order valence-electron chi connectivity index (χ3n) is 6.38. The van der Waals surface area contributed by atoms with Crippen molar-refractivity contribution in [3.05, 3.63) is 66.2 Å². The Labute approximate surface area is 147 Å². The molecule has 4 aliphatic rings. The van der Waals surface area contributed by atoms with Crippen molar-refractivity contribution in [3.8, 4) is 0 Å². The Hall–Kier alpha value is -1.69. The van der Waals surface area contributed by atoms with Gasteiger partial charge in [0.1, 0.15) is 4.75 Å². The third-order valence-corrected chi connectivity index (χ3v) is 9.01. The van der Waals surface area contributed by atoms with Crippen molar-refractivity contribution in [2.45, 2.75) is 34.9 Å². The molecule has 0 spiro atoms. The first-order valence-electron chi connectivity index (χ1n) is 8.71. The molecular formula is C20H20O4S. The summed E-state index contributed by atoms with van der Waals surface area (Å²) in [5.74, 6) is -0.223. The van der Waals surface area contributed by atoms with Crippen LogP contribution in [0.4, 0.5) is 0 Å². The minimum Gasteiger partial charge on any atom is -0.392 e. The van der Waals surface area contributed by atoms with Crippen LogP contribution in [0.3, 0.4) is 0 Å². The van der Waals surface area contributed by atoms with Gasteiger partial charge in [-0.1, -0.05) is 48.5 Å². The summed E-state index contributed by atoms with van der Waals surface area (Å²) in [7, 11) is -3.54. The van der Waals surface area contributed by atoms with Crippen LogP contribution in [-0.4, -0.2) is 30.5 Å². The highest BCUT2D eigenvalue weighted by atomic mass is 32.2. The molecule has 4 aliphatic carbocycles. The smallest absolute Gasteiger partial charge is 0.187 e. The molecule has 6 rings (SSSR count). The van der Waals surface area contributed by atoms with Crippen molar-refractivity contribution in [3.63, 3.8) is 0 Å². The lowest BCUT2D eigenvalue weighted by molar-refractivity contribution is -0.00150. The normalized spacial score (nSPS) is 38.0. The largest absolute Gasteiger partial charge is 0.392 e. The fourth-order valence-corrected chi connectivity index (χ4v) is 8.11. The molecule has 4 bridgehead atoms. The fourth-order valence-electron chi connectivity index (χ4n) is 5.41. The molecule has 4 nitrogen and oxygen atoms in total. The summed E-state index contributed by atoms with van der Waals surface area (Å²) in [5, 5.41) is 10.5. The molecule has 1 N–H and O–H groups in total. The highest BCUT2D eigenvalue weighted by Gasteiger charge is 2.89. The second-order valence-electron chi connectivity index (χ2n) is 7.41. The number of ether oxygens (including phenoxy) is 1. The second-order valence-corrected chi connectivity index (χ2v) is 9.60. The molecule has 0 aliphatic heterocycles. The number of aliphatic hydroxyl groups excluding tert-OH is 1. The molecule has 4 fully saturated rings. The second kappa shape index (κ2) is 5.16. The molecule has 25 heavy (non-hydrogen) atoms. The van der Waals surface area contributed by atoms with Gasteiger partial charge in [-0.25, -0.2) is 8.42 Å². The minimum absolute atomic E-state index is 0.0264. The van der Waals surface area contributed by atoms with E-state index in [4.69, 9.17) is 4.74 Å². The Balaban J connectivity index is 1.50. The Morgan fingerprint density at radius 1 is 1.04 bits per heavy atom. The average Bonchev–Trinajstić information content (AvgIpc) is 2.87. The van der Waals surface area contributed by atoms with Crippen LogP contribution >= 0.6 is 0 Å². The van der Waals surface area contributed by atoms with Gasteiger partial charge in [0.25, 0.3) is 0 Å². The molecule has 0 amide bonds. The van der Waals surface area contributed by atoms with Gasteiger partial charge in [-0.2, -0.15) is 0 Å². The lowest BCUT2D eigenvalue weighted by Crippen LogP contribution is -2.38. The van der Waals surface area contributed by atoms with Gasteiger partial charge < -0.3 is 9.84 Å². The van der Waals surface area contributed by atoms with Gasteiger partial charge in [0, 0.05) is 11.8 Å². The van der Waals surface area contributed by atoms with E-state index in [1.165, 1.54) is 0 Å². The Bertz CT molecular complexity index is 896. The summed E-state index contributed by atoms with van der Waals surface area (Å²) < 4.78 is 32.0. The number of hydrogen-bond donors (Lipinski definition) is 1. The molecule has 130 valence electrons. The van der Waals surface area contributed by atoms with E-state index in [1.807, 2.05) is 36.4 Å². The highest BCUT2D eigenvalue weighted by molar-refractivity contribution is 7.93. The van der Waals surface area contributed by atoms with E-state index in [0.29, 0.717) is 11.5 Å². The first-order chi connectivity index (χ1) is 12.1. The number of benzene rings is 2. The molecule has 0 unspecified atom stereocenters. The van der Waals surface area contributed by atoms with Gasteiger partial charge >= 0.3 is 0 Å². The summed E-state index contributed by atoms with van der Waals surface area (Å²) in [6.45, 7) is 0.375. The zero-order valence-electron chi connectivity index (χ0n) is 13.7. The fraction of sp³-hybridized carbons (Fsp3) is 0.400. The topological polar surface area (TPSA) is 63.6 Å². The van der Waals surface area contributed by atoms with E-state index < -0.39 is 26.8 Å². The monoisotopic (exact) mass is 356 g/mol. The lowest BCUT2D eigenvalue weighted by Gasteiger charge is -2.24. The van der Waals surface area contributed by atoms with Crippen LogP contribution < -0.4 is 0 Å². The van der Waals surface area contributed by atoms with Crippen molar-refractivity contribution in [1.29, 1.82) is 0 Å². The standard InChI is InChI=1S/C20H20O4S/c21-18-15-11-16-17(18)20(16,25(22,23)14-9-5-2-6-10-14)19(15)24-12-13-7-3-1-4-8-13/h1-10,15-19,21H,11-12H2/t15-,16+,17+,18+,19-,20-/m1/s1. The quantitative estimate of drug-likeness (QED) is 0.894. The van der Waals surface area contributed by atoms with Crippen molar-refractivity contribution >= 4 is 9.84 Å². The molecule has 0 saturated heterocycles. The van der Waals surface area contributed by atoms with Crippen LogP contribution in [-0.2, 0) is 21.2 Å². The molecule has 0 radical (unpaired) electrons. The first kappa shape index (κ1) is 15.6. The van der Waals surface area contributed by atoms with Gasteiger partial charge in [0.2, 0.25) is 0 Å². The molecular weight excluding hydrogens is 336 g/mol. The summed E-state index contributed by atoms with van der Waals surface area (Å²) in [4.78, 5) is 0.338. The van der Waals surface area contributed by atoms with Gasteiger partial charge in [-0.3, -0.25) is 0 Å². The van der Waals surface area contributed by atoms with Crippen molar-refractivity contribution < 1.29 is 18.3 Å². The Kier molecular flexibility index (Phi) is 3.21. The SMILES string of the molecule is O=S(=O)(c1ccccc1)[C@@]12[C@@H]3[C@@H](O)[C@@H](C[C@@H]31)[C@H]2OCc1ccccc1. The van der Waals surface area contributed by atoms with Crippen molar-refractivity contribution in [1.82, 2.24) is 0 Å². The Morgan fingerprint density at radius 3 is 2.28 bits per heavy atom. The lowest BCUT2D eigenvalue weighted by atomic mass is 10.1. The maximum atomic E-state index is 13.4. The molecule has 6 atom stereocenters. The van der Waals surface area contributed by atoms with Crippen LogP contribution in [0.1, 0.15) is 12.0 Å². The zero-order valence-corrected chi connectivity index (χ0v) is 14.5. The van der Waals surface area contributed by atoms with Crippen molar-refractivity contribution in [2.24, 2.45) is 17.8 Å². The maximum Gasteiger partial charge on any atom is 0.187 e. The van der Waals surface area contributed by atoms with Crippen molar-refractivity contribution in [2.75, 3.05) is 0 Å². The summed E-state index contributed by atoms with van der Waals surface area (Å²) in [6, 6.07) is 18.4. The maximum absolute atomic E-state index is 13.4. The van der Waals surface area contributed by atoms with Crippen LogP contribution in [0.15, 0.2) is 65.6 Å².